The first kappa shape index (κ1) is 18.8. The van der Waals surface area contributed by atoms with E-state index in [-0.39, 0.29) is 17.9 Å². The zero-order chi connectivity index (χ0) is 20.8. The minimum atomic E-state index is -0.275. The molecule has 0 fully saturated rings. The van der Waals surface area contributed by atoms with Crippen LogP contribution >= 0.6 is 11.3 Å². The lowest BCUT2D eigenvalue weighted by molar-refractivity contribution is 0.497. The molecule has 1 unspecified atom stereocenters. The van der Waals surface area contributed by atoms with Gasteiger partial charge in [-0.05, 0) is 44.5 Å². The summed E-state index contributed by atoms with van der Waals surface area (Å²) in [4.78, 5) is 17.2. The predicted molar refractivity (Wildman–Crippen MR) is 114 cm³/mol. The van der Waals surface area contributed by atoms with E-state index in [0.717, 1.165) is 39.9 Å². The van der Waals surface area contributed by atoms with Gasteiger partial charge in [0, 0.05) is 11.6 Å². The lowest BCUT2D eigenvalue weighted by Gasteiger charge is -2.39. The summed E-state index contributed by atoms with van der Waals surface area (Å²) in [6.45, 7) is 6.44. The minimum Gasteiger partial charge on any atom is -0.342 e. The molecule has 3 aromatic heterocycles. The zero-order valence-corrected chi connectivity index (χ0v) is 17.6. The number of halogens is 1. The standard InChI is InChI=1S/C21H20FN7S/c1-4-15-21-27-25-10-28(21)16-9-23-19(26-20(16)29(15)12(2)3)18-17(24-11-30-18)13-5-7-14(22)8-6-13/h5-12,15H,4H2,1-3H3. The van der Waals surface area contributed by atoms with E-state index >= 15 is 0 Å². The number of benzene rings is 1. The zero-order valence-electron chi connectivity index (χ0n) is 16.8. The molecule has 1 aliphatic rings. The van der Waals surface area contributed by atoms with Crippen molar-refractivity contribution in [2.24, 2.45) is 0 Å². The summed E-state index contributed by atoms with van der Waals surface area (Å²) < 4.78 is 15.3. The first-order valence-electron chi connectivity index (χ1n) is 9.84. The Morgan fingerprint density at radius 1 is 1.17 bits per heavy atom. The van der Waals surface area contributed by atoms with Crippen LogP contribution in [0, 0.1) is 5.82 Å². The van der Waals surface area contributed by atoms with E-state index in [1.54, 1.807) is 24.0 Å². The smallest absolute Gasteiger partial charge is 0.174 e. The number of nitrogens with zero attached hydrogens (tertiary/aromatic N) is 7. The molecule has 1 aliphatic heterocycles. The molecule has 1 aromatic carbocycles. The van der Waals surface area contributed by atoms with Gasteiger partial charge in [-0.15, -0.1) is 21.5 Å². The Balaban J connectivity index is 1.66. The van der Waals surface area contributed by atoms with Crippen molar-refractivity contribution in [1.82, 2.24) is 29.7 Å². The molecule has 0 saturated carbocycles. The number of hydrogen-bond acceptors (Lipinski definition) is 7. The molecule has 9 heteroatoms. The second kappa shape index (κ2) is 7.24. The number of thiazole rings is 1. The van der Waals surface area contributed by atoms with Gasteiger partial charge in [0.15, 0.2) is 17.5 Å². The topological polar surface area (TPSA) is 72.6 Å². The summed E-state index contributed by atoms with van der Waals surface area (Å²) in [5.74, 6) is 2.09. The molecule has 0 aliphatic carbocycles. The largest absolute Gasteiger partial charge is 0.342 e. The Bertz CT molecular complexity index is 1200. The lowest BCUT2D eigenvalue weighted by atomic mass is 10.1. The Hall–Kier alpha value is -3.20. The van der Waals surface area contributed by atoms with Crippen LogP contribution in [0.25, 0.3) is 27.6 Å². The molecule has 0 saturated heterocycles. The van der Waals surface area contributed by atoms with Gasteiger partial charge in [-0.3, -0.25) is 4.57 Å². The van der Waals surface area contributed by atoms with E-state index in [1.807, 2.05) is 10.8 Å². The third-order valence-corrected chi connectivity index (χ3v) is 6.12. The fraction of sp³-hybridized carbons (Fsp3) is 0.286. The van der Waals surface area contributed by atoms with Crippen LogP contribution in [0.4, 0.5) is 10.2 Å². The van der Waals surface area contributed by atoms with E-state index in [9.17, 15) is 4.39 Å². The monoisotopic (exact) mass is 421 g/mol. The maximum absolute atomic E-state index is 13.4. The van der Waals surface area contributed by atoms with Crippen molar-refractivity contribution in [1.29, 1.82) is 0 Å². The van der Waals surface area contributed by atoms with Gasteiger partial charge in [0.25, 0.3) is 0 Å². The van der Waals surface area contributed by atoms with Crippen LogP contribution in [0.3, 0.4) is 0 Å². The molecule has 1 atom stereocenters. The summed E-state index contributed by atoms with van der Waals surface area (Å²) in [5, 5.41) is 8.47. The van der Waals surface area contributed by atoms with Gasteiger partial charge in [0.1, 0.15) is 17.8 Å². The highest BCUT2D eigenvalue weighted by atomic mass is 32.1. The molecule has 152 valence electrons. The molecular weight excluding hydrogens is 401 g/mol. The number of fused-ring (bicyclic) bond motifs is 3. The van der Waals surface area contributed by atoms with Crippen molar-refractivity contribution in [3.63, 3.8) is 0 Å². The SMILES string of the molecule is CCC1c2nncn2-c2cnc(-c3scnc3-c3ccc(F)cc3)nc2N1C(C)C. The number of rotatable bonds is 4. The summed E-state index contributed by atoms with van der Waals surface area (Å²) in [6.07, 6.45) is 4.42. The summed E-state index contributed by atoms with van der Waals surface area (Å²) in [6, 6.07) is 6.63. The van der Waals surface area contributed by atoms with Crippen LogP contribution in [0.5, 0.6) is 0 Å². The van der Waals surface area contributed by atoms with Gasteiger partial charge in [-0.1, -0.05) is 6.92 Å². The highest BCUT2D eigenvalue weighted by Crippen LogP contribution is 2.41. The fourth-order valence-corrected chi connectivity index (χ4v) is 4.72. The van der Waals surface area contributed by atoms with Crippen molar-refractivity contribution in [2.45, 2.75) is 39.3 Å². The van der Waals surface area contributed by atoms with Gasteiger partial charge < -0.3 is 4.90 Å². The normalized spacial score (nSPS) is 15.4. The van der Waals surface area contributed by atoms with Crippen LogP contribution in [0.2, 0.25) is 0 Å². The Morgan fingerprint density at radius 2 is 1.97 bits per heavy atom. The predicted octanol–water partition coefficient (Wildman–Crippen LogP) is 4.67. The Morgan fingerprint density at radius 3 is 2.70 bits per heavy atom. The van der Waals surface area contributed by atoms with Crippen molar-refractivity contribution in [2.75, 3.05) is 4.90 Å². The Labute approximate surface area is 177 Å². The van der Waals surface area contributed by atoms with Gasteiger partial charge in [-0.2, -0.15) is 0 Å². The van der Waals surface area contributed by atoms with Crippen LogP contribution in [0.15, 0.2) is 42.3 Å². The Kier molecular flexibility index (Phi) is 4.54. The molecule has 5 rings (SSSR count). The van der Waals surface area contributed by atoms with E-state index in [2.05, 4.69) is 45.8 Å². The van der Waals surface area contributed by atoms with Gasteiger partial charge in [0.05, 0.1) is 28.3 Å². The first-order valence-corrected chi connectivity index (χ1v) is 10.7. The van der Waals surface area contributed by atoms with Crippen molar-refractivity contribution in [3.8, 4) is 27.6 Å². The molecule has 0 N–H and O–H groups in total. The van der Waals surface area contributed by atoms with Gasteiger partial charge >= 0.3 is 0 Å². The van der Waals surface area contributed by atoms with Crippen LogP contribution in [-0.2, 0) is 0 Å². The molecule has 7 nitrogen and oxygen atoms in total. The lowest BCUT2D eigenvalue weighted by Crippen LogP contribution is -2.40. The number of anilines is 1. The highest BCUT2D eigenvalue weighted by Gasteiger charge is 2.35. The third kappa shape index (κ3) is 2.88. The first-order chi connectivity index (χ1) is 14.6. The molecule has 0 amide bonds. The maximum Gasteiger partial charge on any atom is 0.174 e. The van der Waals surface area contributed by atoms with Crippen LogP contribution in [-0.4, -0.2) is 35.8 Å². The average Bonchev–Trinajstić information content (AvgIpc) is 3.42. The van der Waals surface area contributed by atoms with E-state index in [0.29, 0.717) is 5.82 Å². The minimum absolute atomic E-state index is 0.0841. The van der Waals surface area contributed by atoms with Crippen LogP contribution < -0.4 is 4.90 Å². The summed E-state index contributed by atoms with van der Waals surface area (Å²) >= 11 is 1.48. The summed E-state index contributed by atoms with van der Waals surface area (Å²) in [7, 11) is 0. The van der Waals surface area contributed by atoms with Crippen molar-refractivity contribution in [3.05, 3.63) is 53.9 Å². The average molecular weight is 422 g/mol. The molecule has 4 aromatic rings. The fourth-order valence-electron chi connectivity index (χ4n) is 3.97. The van der Waals surface area contributed by atoms with E-state index in [4.69, 9.17) is 4.98 Å². The quantitative estimate of drug-likeness (QED) is 0.477. The van der Waals surface area contributed by atoms with Gasteiger partial charge in [-0.25, -0.2) is 19.3 Å². The molecular formula is C21H20FN7S. The molecule has 0 radical (unpaired) electrons. The van der Waals surface area contributed by atoms with E-state index < -0.39 is 0 Å². The number of hydrogen-bond donors (Lipinski definition) is 0. The van der Waals surface area contributed by atoms with Crippen LogP contribution in [0.1, 0.15) is 39.1 Å². The second-order valence-corrected chi connectivity index (χ2v) is 8.28. The highest BCUT2D eigenvalue weighted by molar-refractivity contribution is 7.13. The third-order valence-electron chi connectivity index (χ3n) is 5.29. The maximum atomic E-state index is 13.4. The molecule has 30 heavy (non-hydrogen) atoms. The number of aromatic nitrogens is 6. The van der Waals surface area contributed by atoms with E-state index in [1.165, 1.54) is 23.5 Å². The molecule has 4 heterocycles. The molecule has 0 bridgehead atoms. The van der Waals surface area contributed by atoms with Gasteiger partial charge in [0.2, 0.25) is 0 Å². The van der Waals surface area contributed by atoms with Crippen molar-refractivity contribution < 1.29 is 4.39 Å². The van der Waals surface area contributed by atoms with Crippen molar-refractivity contribution >= 4 is 17.2 Å². The second-order valence-electron chi connectivity index (χ2n) is 7.42. The molecule has 0 spiro atoms. The summed E-state index contributed by atoms with van der Waals surface area (Å²) in [5.41, 5.74) is 4.22.